The Bertz CT molecular complexity index is 439. The van der Waals surface area contributed by atoms with Crippen molar-refractivity contribution >= 4 is 23.6 Å². The normalized spacial score (nSPS) is 24.1. The van der Waals surface area contributed by atoms with Crippen LogP contribution in [0.5, 0.6) is 0 Å². The van der Waals surface area contributed by atoms with Crippen LogP contribution in [0.3, 0.4) is 0 Å². The molecule has 0 aliphatic carbocycles. The molecule has 0 radical (unpaired) electrons. The van der Waals surface area contributed by atoms with Crippen molar-refractivity contribution in [3.8, 4) is 0 Å². The van der Waals surface area contributed by atoms with Gasteiger partial charge in [-0.2, -0.15) is 0 Å². The number of nitrogens with one attached hydrogen (secondary N) is 4. The number of hydrogen-bond acceptors (Lipinski definition) is 4. The molecule has 0 unspecified atom stereocenters. The summed E-state index contributed by atoms with van der Waals surface area (Å²) < 4.78 is 0. The molecule has 8 heteroatoms. The molecule has 0 aromatic rings. The van der Waals surface area contributed by atoms with Crippen molar-refractivity contribution in [2.75, 3.05) is 13.6 Å². The summed E-state index contributed by atoms with van der Waals surface area (Å²) in [6.45, 7) is 1.87. The molecule has 22 heavy (non-hydrogen) atoms. The second kappa shape index (κ2) is 9.01. The van der Waals surface area contributed by atoms with Gasteiger partial charge < -0.3 is 21.3 Å². The average molecular weight is 312 g/mol. The summed E-state index contributed by atoms with van der Waals surface area (Å²) in [7, 11) is 1.47. The molecule has 0 saturated carbocycles. The summed E-state index contributed by atoms with van der Waals surface area (Å²) in [5, 5.41) is 10.5. The van der Waals surface area contributed by atoms with Crippen LogP contribution in [0.15, 0.2) is 0 Å². The Hall–Kier alpha value is -2.12. The van der Waals surface area contributed by atoms with Crippen LogP contribution in [-0.4, -0.2) is 49.3 Å². The van der Waals surface area contributed by atoms with Crippen molar-refractivity contribution in [3.05, 3.63) is 0 Å². The largest absolute Gasteiger partial charge is 0.357 e. The van der Waals surface area contributed by atoms with Crippen LogP contribution in [-0.2, 0) is 19.2 Å². The van der Waals surface area contributed by atoms with Crippen LogP contribution in [0.25, 0.3) is 0 Å². The first kappa shape index (κ1) is 17.9. The first-order valence-corrected chi connectivity index (χ1v) is 7.49. The Morgan fingerprint density at radius 3 is 2.55 bits per heavy atom. The lowest BCUT2D eigenvalue weighted by molar-refractivity contribution is -0.132. The van der Waals surface area contributed by atoms with Gasteiger partial charge in [0, 0.05) is 26.9 Å². The van der Waals surface area contributed by atoms with Gasteiger partial charge in [-0.05, 0) is 25.7 Å². The van der Waals surface area contributed by atoms with Gasteiger partial charge in [-0.1, -0.05) is 0 Å². The van der Waals surface area contributed by atoms with Gasteiger partial charge in [0.25, 0.3) is 0 Å². The predicted molar refractivity (Wildman–Crippen MR) is 79.7 cm³/mol. The maximum atomic E-state index is 12.3. The molecule has 0 aromatic carbocycles. The van der Waals surface area contributed by atoms with Crippen molar-refractivity contribution in [1.29, 1.82) is 0 Å². The summed E-state index contributed by atoms with van der Waals surface area (Å²) in [6, 6.07) is -1.46. The third-order valence-electron chi connectivity index (χ3n) is 3.48. The summed E-state index contributed by atoms with van der Waals surface area (Å²) in [6.07, 6.45) is 2.24. The fourth-order valence-corrected chi connectivity index (χ4v) is 2.29. The van der Waals surface area contributed by atoms with Gasteiger partial charge in [-0.25, -0.2) is 0 Å². The summed E-state index contributed by atoms with van der Waals surface area (Å²) in [5.74, 6) is -1.19. The first-order valence-electron chi connectivity index (χ1n) is 7.49. The maximum Gasteiger partial charge on any atom is 0.243 e. The SMILES string of the molecule is CNC(=O)[C@@H]1CCC(=O)NCCCC[C@H](NC(C)=O)C(=O)N1. The number of carbonyl (C=O) groups is 4. The minimum atomic E-state index is -0.793. The van der Waals surface area contributed by atoms with E-state index < -0.39 is 18.0 Å². The number of carbonyl (C=O) groups excluding carboxylic acids is 4. The monoisotopic (exact) mass is 312 g/mol. The minimum Gasteiger partial charge on any atom is -0.357 e. The van der Waals surface area contributed by atoms with Crippen molar-refractivity contribution in [2.45, 2.75) is 51.1 Å². The summed E-state index contributed by atoms with van der Waals surface area (Å²) in [4.78, 5) is 46.9. The molecule has 0 bridgehead atoms. The van der Waals surface area contributed by atoms with Crippen molar-refractivity contribution in [2.24, 2.45) is 0 Å². The van der Waals surface area contributed by atoms with Crippen LogP contribution < -0.4 is 21.3 Å². The quantitative estimate of drug-likeness (QED) is 0.512. The van der Waals surface area contributed by atoms with Gasteiger partial charge in [0.2, 0.25) is 23.6 Å². The molecule has 8 nitrogen and oxygen atoms in total. The van der Waals surface area contributed by atoms with E-state index in [1.165, 1.54) is 14.0 Å². The van der Waals surface area contributed by atoms with E-state index in [-0.39, 0.29) is 30.6 Å². The highest BCUT2D eigenvalue weighted by atomic mass is 16.2. The summed E-state index contributed by atoms with van der Waals surface area (Å²) >= 11 is 0. The van der Waals surface area contributed by atoms with Crippen molar-refractivity contribution < 1.29 is 19.2 Å². The van der Waals surface area contributed by atoms with E-state index in [4.69, 9.17) is 0 Å². The predicted octanol–water partition coefficient (Wildman–Crippen LogP) is -1.20. The van der Waals surface area contributed by atoms with E-state index in [1.807, 2.05) is 0 Å². The second-order valence-electron chi connectivity index (χ2n) is 5.31. The molecule has 1 rings (SSSR count). The lowest BCUT2D eigenvalue weighted by atomic mass is 10.0. The highest BCUT2D eigenvalue weighted by Crippen LogP contribution is 2.06. The van der Waals surface area contributed by atoms with Gasteiger partial charge >= 0.3 is 0 Å². The Morgan fingerprint density at radius 2 is 1.91 bits per heavy atom. The summed E-state index contributed by atoms with van der Waals surface area (Å²) in [5.41, 5.74) is 0. The standard InChI is InChI=1S/C14H24N4O4/c1-9(19)17-10-5-3-4-8-16-12(20)7-6-11(13(21)15-2)18-14(10)22/h10-11H,3-8H2,1-2H3,(H,15,21)(H,16,20)(H,17,19)(H,18,22)/t10-,11-/m0/s1. The molecule has 1 aliphatic heterocycles. The molecular weight excluding hydrogens is 288 g/mol. The van der Waals surface area contributed by atoms with Gasteiger partial charge in [-0.15, -0.1) is 0 Å². The average Bonchev–Trinajstić information content (AvgIpc) is 2.47. The molecule has 2 atom stereocenters. The molecule has 1 aliphatic rings. The van der Waals surface area contributed by atoms with E-state index >= 15 is 0 Å². The Labute approximate surface area is 129 Å². The maximum absolute atomic E-state index is 12.3. The topological polar surface area (TPSA) is 116 Å². The highest BCUT2D eigenvalue weighted by Gasteiger charge is 2.26. The Morgan fingerprint density at radius 1 is 1.18 bits per heavy atom. The van der Waals surface area contributed by atoms with E-state index in [0.29, 0.717) is 19.4 Å². The Kier molecular flexibility index (Phi) is 7.34. The smallest absolute Gasteiger partial charge is 0.243 e. The lowest BCUT2D eigenvalue weighted by Gasteiger charge is -2.23. The first-order chi connectivity index (χ1) is 10.4. The molecule has 4 N–H and O–H groups in total. The van der Waals surface area contributed by atoms with Gasteiger partial charge in [0.1, 0.15) is 12.1 Å². The molecule has 4 amide bonds. The van der Waals surface area contributed by atoms with E-state index in [1.54, 1.807) is 0 Å². The van der Waals surface area contributed by atoms with Crippen LogP contribution in [0, 0.1) is 0 Å². The van der Waals surface area contributed by atoms with Gasteiger partial charge in [-0.3, -0.25) is 19.2 Å². The number of likely N-dealkylation sites (N-methyl/N-ethyl adjacent to an activating group) is 1. The van der Waals surface area contributed by atoms with Crippen molar-refractivity contribution in [3.63, 3.8) is 0 Å². The van der Waals surface area contributed by atoms with Crippen LogP contribution in [0.4, 0.5) is 0 Å². The Balaban J connectivity index is 2.82. The molecular formula is C14H24N4O4. The third kappa shape index (κ3) is 6.11. The number of amides is 4. The zero-order valence-electron chi connectivity index (χ0n) is 13.0. The van der Waals surface area contributed by atoms with Gasteiger partial charge in [0.15, 0.2) is 0 Å². The lowest BCUT2D eigenvalue weighted by Crippen LogP contribution is -2.53. The zero-order chi connectivity index (χ0) is 16.5. The third-order valence-corrected chi connectivity index (χ3v) is 3.48. The molecule has 1 heterocycles. The number of hydrogen-bond donors (Lipinski definition) is 4. The second-order valence-corrected chi connectivity index (χ2v) is 5.31. The van der Waals surface area contributed by atoms with Crippen LogP contribution >= 0.6 is 0 Å². The van der Waals surface area contributed by atoms with Crippen LogP contribution in [0.1, 0.15) is 39.0 Å². The van der Waals surface area contributed by atoms with E-state index in [0.717, 1.165) is 6.42 Å². The van der Waals surface area contributed by atoms with Crippen LogP contribution in [0.2, 0.25) is 0 Å². The molecule has 0 spiro atoms. The fourth-order valence-electron chi connectivity index (χ4n) is 2.29. The molecule has 0 aromatic heterocycles. The zero-order valence-corrected chi connectivity index (χ0v) is 13.0. The molecule has 1 saturated heterocycles. The molecule has 124 valence electrons. The van der Waals surface area contributed by atoms with Crippen molar-refractivity contribution in [1.82, 2.24) is 21.3 Å². The number of rotatable bonds is 2. The van der Waals surface area contributed by atoms with Gasteiger partial charge in [0.05, 0.1) is 0 Å². The van der Waals surface area contributed by atoms with E-state index in [2.05, 4.69) is 21.3 Å². The molecule has 1 fully saturated rings. The van der Waals surface area contributed by atoms with E-state index in [9.17, 15) is 19.2 Å². The highest BCUT2D eigenvalue weighted by molar-refractivity contribution is 5.92. The fraction of sp³-hybridized carbons (Fsp3) is 0.714. The minimum absolute atomic E-state index is 0.137.